The van der Waals surface area contributed by atoms with Crippen LogP contribution in [0.4, 0.5) is 23.7 Å². The van der Waals surface area contributed by atoms with Gasteiger partial charge in [0.25, 0.3) is 11.8 Å². The number of fused-ring (bicyclic) bond motifs is 1. The number of para-hydroxylation sites is 1. The van der Waals surface area contributed by atoms with E-state index in [0.717, 1.165) is 34.0 Å². The molecular weight excluding hydrogens is 545 g/mol. The number of rotatable bonds is 5. The number of urea groups is 1. The molecule has 5 rings (SSSR count). The van der Waals surface area contributed by atoms with Crippen molar-refractivity contribution in [2.45, 2.75) is 19.7 Å². The van der Waals surface area contributed by atoms with Crippen molar-refractivity contribution < 1.29 is 32.3 Å². The van der Waals surface area contributed by atoms with Crippen LogP contribution in [0.5, 0.6) is 5.75 Å². The third kappa shape index (κ3) is 5.15. The zero-order valence-corrected chi connectivity index (χ0v) is 21.6. The number of barbiturate groups is 1. The van der Waals surface area contributed by atoms with E-state index in [4.69, 9.17) is 16.3 Å². The van der Waals surface area contributed by atoms with Crippen molar-refractivity contribution in [3.8, 4) is 5.75 Å². The molecule has 6 nitrogen and oxygen atoms in total. The van der Waals surface area contributed by atoms with Crippen molar-refractivity contribution in [1.29, 1.82) is 0 Å². The first-order valence-corrected chi connectivity index (χ1v) is 12.4. The van der Waals surface area contributed by atoms with Gasteiger partial charge in [-0.15, -0.1) is 0 Å². The Labute approximate surface area is 231 Å². The molecule has 1 N–H and O–H groups in total. The van der Waals surface area contributed by atoms with Gasteiger partial charge in [0.2, 0.25) is 0 Å². The highest BCUT2D eigenvalue weighted by Gasteiger charge is 2.39. The second-order valence-corrected chi connectivity index (χ2v) is 9.44. The van der Waals surface area contributed by atoms with Crippen LogP contribution in [0.25, 0.3) is 16.8 Å². The van der Waals surface area contributed by atoms with Crippen LogP contribution in [-0.2, 0) is 22.4 Å². The molecule has 10 heteroatoms. The van der Waals surface area contributed by atoms with Crippen LogP contribution in [0.1, 0.15) is 22.3 Å². The minimum Gasteiger partial charge on any atom is -0.488 e. The second kappa shape index (κ2) is 10.5. The van der Waals surface area contributed by atoms with E-state index >= 15 is 0 Å². The molecule has 1 aliphatic heterocycles. The molecule has 202 valence electrons. The highest BCUT2D eigenvalue weighted by molar-refractivity contribution is 6.42. The van der Waals surface area contributed by atoms with Crippen molar-refractivity contribution in [2.75, 3.05) is 4.90 Å². The van der Waals surface area contributed by atoms with E-state index in [-0.39, 0.29) is 11.6 Å². The Morgan fingerprint density at radius 1 is 0.950 bits per heavy atom. The van der Waals surface area contributed by atoms with Gasteiger partial charge in [0.15, 0.2) is 0 Å². The normalized spacial score (nSPS) is 15.1. The quantitative estimate of drug-likeness (QED) is 0.208. The predicted octanol–water partition coefficient (Wildman–Crippen LogP) is 7.07. The van der Waals surface area contributed by atoms with Crippen molar-refractivity contribution in [1.82, 2.24) is 5.32 Å². The van der Waals surface area contributed by atoms with Gasteiger partial charge in [0.05, 0.1) is 16.3 Å². The summed E-state index contributed by atoms with van der Waals surface area (Å²) in [7, 11) is 0. The topological polar surface area (TPSA) is 75.7 Å². The summed E-state index contributed by atoms with van der Waals surface area (Å²) in [6.07, 6.45) is -3.52. The molecule has 0 radical (unpaired) electrons. The first-order valence-electron chi connectivity index (χ1n) is 12.0. The maximum Gasteiger partial charge on any atom is 0.416 e. The number of anilines is 1. The van der Waals surface area contributed by atoms with Gasteiger partial charge in [-0.2, -0.15) is 13.2 Å². The molecule has 1 heterocycles. The summed E-state index contributed by atoms with van der Waals surface area (Å²) in [5.41, 5.74) is 0.228. The Hall–Kier alpha value is -4.63. The minimum absolute atomic E-state index is 0.192. The fourth-order valence-electron chi connectivity index (χ4n) is 4.41. The number of nitrogens with zero attached hydrogens (tertiary/aromatic N) is 1. The van der Waals surface area contributed by atoms with Crippen molar-refractivity contribution in [2.24, 2.45) is 0 Å². The summed E-state index contributed by atoms with van der Waals surface area (Å²) in [6, 6.07) is 19.5. The SMILES string of the molecule is Cc1ccc2ccccc2c1COc1ccccc1/C=C1/C(=O)NC(=O)N(c2cc(C(F)(F)F)ccc2Cl)C1=O. The van der Waals surface area contributed by atoms with Gasteiger partial charge < -0.3 is 4.74 Å². The maximum absolute atomic E-state index is 13.3. The van der Waals surface area contributed by atoms with Gasteiger partial charge in [-0.05, 0) is 53.6 Å². The number of hydrogen-bond donors (Lipinski definition) is 1. The molecule has 1 aliphatic rings. The van der Waals surface area contributed by atoms with Gasteiger partial charge in [-0.3, -0.25) is 14.9 Å². The third-order valence-corrected chi connectivity index (χ3v) is 6.80. The molecule has 1 fully saturated rings. The molecule has 0 aromatic heterocycles. The van der Waals surface area contributed by atoms with E-state index in [1.807, 2.05) is 48.6 Å². The fraction of sp³-hybridized carbons (Fsp3) is 0.100. The summed E-state index contributed by atoms with van der Waals surface area (Å²) in [5, 5.41) is 3.79. The molecule has 0 unspecified atom stereocenters. The summed E-state index contributed by atoms with van der Waals surface area (Å²) in [6.45, 7) is 2.16. The maximum atomic E-state index is 13.3. The molecule has 4 aromatic carbocycles. The van der Waals surface area contributed by atoms with Crippen molar-refractivity contribution in [3.05, 3.63) is 112 Å². The average molecular weight is 565 g/mol. The molecule has 0 saturated carbocycles. The molecule has 4 aromatic rings. The Morgan fingerprint density at radius 2 is 1.68 bits per heavy atom. The van der Waals surface area contributed by atoms with Gasteiger partial charge >= 0.3 is 12.2 Å². The molecule has 40 heavy (non-hydrogen) atoms. The predicted molar refractivity (Wildman–Crippen MR) is 145 cm³/mol. The van der Waals surface area contributed by atoms with E-state index in [2.05, 4.69) is 0 Å². The number of imide groups is 2. The molecule has 0 spiro atoms. The van der Waals surface area contributed by atoms with Crippen LogP contribution in [0.2, 0.25) is 5.02 Å². The number of nitrogens with one attached hydrogen (secondary N) is 1. The molecule has 1 saturated heterocycles. The minimum atomic E-state index is -4.75. The Bertz CT molecular complexity index is 1720. The summed E-state index contributed by atoms with van der Waals surface area (Å²) in [5.74, 6) is -1.78. The van der Waals surface area contributed by atoms with E-state index in [1.165, 1.54) is 6.08 Å². The summed E-state index contributed by atoms with van der Waals surface area (Å²) < 4.78 is 46.0. The Balaban J connectivity index is 1.49. The lowest BCUT2D eigenvalue weighted by molar-refractivity contribution is -0.137. The van der Waals surface area contributed by atoms with Crippen LogP contribution in [-0.4, -0.2) is 17.8 Å². The lowest BCUT2D eigenvalue weighted by Crippen LogP contribution is -2.54. The molecule has 0 bridgehead atoms. The first kappa shape index (κ1) is 27.0. The van der Waals surface area contributed by atoms with E-state index in [9.17, 15) is 27.6 Å². The van der Waals surface area contributed by atoms with Crippen LogP contribution in [0.3, 0.4) is 0 Å². The van der Waals surface area contributed by atoms with Gasteiger partial charge in [-0.1, -0.05) is 66.2 Å². The number of aryl methyl sites for hydroxylation is 1. The number of hydrogen-bond acceptors (Lipinski definition) is 4. The van der Waals surface area contributed by atoms with Crippen LogP contribution < -0.4 is 15.0 Å². The summed E-state index contributed by atoms with van der Waals surface area (Å²) >= 11 is 6.07. The van der Waals surface area contributed by atoms with Crippen molar-refractivity contribution in [3.63, 3.8) is 0 Å². The number of alkyl halides is 3. The van der Waals surface area contributed by atoms with Crippen LogP contribution >= 0.6 is 11.6 Å². The number of amides is 4. The fourth-order valence-corrected chi connectivity index (χ4v) is 4.61. The van der Waals surface area contributed by atoms with Gasteiger partial charge in [-0.25, -0.2) is 9.69 Å². The molecule has 0 aliphatic carbocycles. The van der Waals surface area contributed by atoms with Crippen LogP contribution in [0.15, 0.2) is 84.4 Å². The van der Waals surface area contributed by atoms with Crippen LogP contribution in [0, 0.1) is 6.92 Å². The van der Waals surface area contributed by atoms with Crippen molar-refractivity contribution >= 4 is 52.0 Å². The lowest BCUT2D eigenvalue weighted by Gasteiger charge is -2.27. The summed E-state index contributed by atoms with van der Waals surface area (Å²) in [4.78, 5) is 39.0. The lowest BCUT2D eigenvalue weighted by atomic mass is 10.0. The Morgan fingerprint density at radius 3 is 2.45 bits per heavy atom. The molecule has 4 amide bonds. The zero-order chi connectivity index (χ0) is 28.6. The van der Waals surface area contributed by atoms with Gasteiger partial charge in [0.1, 0.15) is 17.9 Å². The monoisotopic (exact) mass is 564 g/mol. The largest absolute Gasteiger partial charge is 0.488 e. The number of carbonyl (C=O) groups excluding carboxylic acids is 3. The first-order chi connectivity index (χ1) is 19.0. The molecular formula is C30H20ClF3N2O4. The number of carbonyl (C=O) groups is 3. The van der Waals surface area contributed by atoms with E-state index in [1.54, 1.807) is 24.3 Å². The highest BCUT2D eigenvalue weighted by Crippen LogP contribution is 2.37. The number of ether oxygens (including phenoxy) is 1. The zero-order valence-electron chi connectivity index (χ0n) is 20.9. The number of benzene rings is 4. The standard InChI is InChI=1S/C30H20ClF3N2O4/c1-17-10-11-18-6-2-4-8-21(18)23(17)16-40-26-9-5-3-7-19(26)14-22-27(37)35-29(39)36(28(22)38)25-15-20(30(32,33)34)12-13-24(25)31/h2-15H,16H2,1H3,(H,35,37,39)/b22-14-. The third-order valence-electron chi connectivity index (χ3n) is 6.48. The highest BCUT2D eigenvalue weighted by atomic mass is 35.5. The average Bonchev–Trinajstić information content (AvgIpc) is 2.91. The number of halogens is 4. The van der Waals surface area contributed by atoms with E-state index in [0.29, 0.717) is 22.3 Å². The van der Waals surface area contributed by atoms with Gasteiger partial charge in [0, 0.05) is 11.1 Å². The second-order valence-electron chi connectivity index (χ2n) is 9.03. The Kier molecular flexibility index (Phi) is 7.08. The van der Waals surface area contributed by atoms with E-state index < -0.39 is 40.8 Å². The smallest absolute Gasteiger partial charge is 0.416 e. The molecule has 0 atom stereocenters.